The molecular formula is C8H16N2. The molecule has 0 heterocycles. The largest absolute Gasteiger partial charge is 0.309 e. The summed E-state index contributed by atoms with van der Waals surface area (Å²) in [5.41, 5.74) is 0. The third kappa shape index (κ3) is 5.58. The third-order valence-electron chi connectivity index (χ3n) is 1.43. The van der Waals surface area contributed by atoms with Crippen molar-refractivity contribution in [1.29, 1.82) is 5.26 Å². The number of nitrogens with zero attached hydrogens (tertiary/aromatic N) is 2. The van der Waals surface area contributed by atoms with Crippen molar-refractivity contribution in [3.63, 3.8) is 0 Å². The first kappa shape index (κ1) is 9.45. The van der Waals surface area contributed by atoms with Crippen molar-refractivity contribution < 1.29 is 0 Å². The highest BCUT2D eigenvalue weighted by Crippen LogP contribution is 2.04. The van der Waals surface area contributed by atoms with Crippen LogP contribution in [0.1, 0.15) is 19.8 Å². The van der Waals surface area contributed by atoms with Crippen molar-refractivity contribution in [2.75, 3.05) is 20.6 Å². The molecule has 0 aromatic heterocycles. The summed E-state index contributed by atoms with van der Waals surface area (Å²) in [4.78, 5) is 2.15. The summed E-state index contributed by atoms with van der Waals surface area (Å²) in [6.45, 7) is 3.26. The minimum atomic E-state index is 0.648. The van der Waals surface area contributed by atoms with E-state index < -0.39 is 0 Å². The van der Waals surface area contributed by atoms with Gasteiger partial charge in [0.1, 0.15) is 0 Å². The van der Waals surface area contributed by atoms with Crippen LogP contribution in [0.4, 0.5) is 0 Å². The van der Waals surface area contributed by atoms with E-state index in [0.717, 1.165) is 13.0 Å². The molecule has 2 heteroatoms. The molecule has 0 saturated carbocycles. The fourth-order valence-electron chi connectivity index (χ4n) is 1.03. The predicted octanol–water partition coefficient (Wildman–Crippen LogP) is 1.49. The molecule has 1 atom stereocenters. The van der Waals surface area contributed by atoms with Crippen LogP contribution in [0, 0.1) is 17.2 Å². The minimum Gasteiger partial charge on any atom is -0.309 e. The molecule has 0 spiro atoms. The highest BCUT2D eigenvalue weighted by atomic mass is 15.1. The van der Waals surface area contributed by atoms with E-state index in [1.165, 1.54) is 0 Å². The zero-order chi connectivity index (χ0) is 7.98. The molecule has 2 nitrogen and oxygen atoms in total. The van der Waals surface area contributed by atoms with Crippen LogP contribution in [0.5, 0.6) is 0 Å². The van der Waals surface area contributed by atoms with Crippen molar-refractivity contribution in [3.05, 3.63) is 0 Å². The smallest absolute Gasteiger partial charge is 0.0621 e. The van der Waals surface area contributed by atoms with E-state index in [-0.39, 0.29) is 0 Å². The van der Waals surface area contributed by atoms with Crippen LogP contribution in [0.25, 0.3) is 0 Å². The molecule has 0 amide bonds. The Kier molecular flexibility index (Phi) is 4.96. The van der Waals surface area contributed by atoms with Gasteiger partial charge in [-0.3, -0.25) is 0 Å². The molecule has 0 fully saturated rings. The van der Waals surface area contributed by atoms with E-state index in [4.69, 9.17) is 5.26 Å². The van der Waals surface area contributed by atoms with Crippen molar-refractivity contribution in [1.82, 2.24) is 4.90 Å². The van der Waals surface area contributed by atoms with Gasteiger partial charge in [0.2, 0.25) is 0 Å². The molecule has 58 valence electrons. The van der Waals surface area contributed by atoms with Gasteiger partial charge in [-0.2, -0.15) is 5.26 Å². The maximum Gasteiger partial charge on any atom is 0.0621 e. The molecule has 1 unspecified atom stereocenters. The molecule has 0 aromatic rings. The van der Waals surface area contributed by atoms with Crippen LogP contribution >= 0.6 is 0 Å². The first-order valence-electron chi connectivity index (χ1n) is 3.68. The van der Waals surface area contributed by atoms with Gasteiger partial charge in [0, 0.05) is 13.0 Å². The molecule has 0 aliphatic rings. The molecule has 0 aliphatic carbocycles. The second-order valence-electron chi connectivity index (χ2n) is 3.06. The topological polar surface area (TPSA) is 27.0 Å². The molecule has 0 radical (unpaired) electrons. The van der Waals surface area contributed by atoms with Gasteiger partial charge in [-0.25, -0.2) is 0 Å². The fourth-order valence-corrected chi connectivity index (χ4v) is 1.03. The van der Waals surface area contributed by atoms with Crippen LogP contribution in [0.15, 0.2) is 0 Å². The average Bonchev–Trinajstić information content (AvgIpc) is 1.82. The van der Waals surface area contributed by atoms with E-state index in [1.54, 1.807) is 0 Å². The van der Waals surface area contributed by atoms with Gasteiger partial charge in [0.15, 0.2) is 0 Å². The van der Waals surface area contributed by atoms with E-state index >= 15 is 0 Å². The van der Waals surface area contributed by atoms with Crippen LogP contribution < -0.4 is 0 Å². The lowest BCUT2D eigenvalue weighted by atomic mass is 10.1. The molecular weight excluding hydrogens is 124 g/mol. The molecule has 0 aliphatic heterocycles. The molecule has 10 heavy (non-hydrogen) atoms. The van der Waals surface area contributed by atoms with Crippen molar-refractivity contribution in [2.45, 2.75) is 19.8 Å². The van der Waals surface area contributed by atoms with Gasteiger partial charge in [-0.1, -0.05) is 6.92 Å². The summed E-state index contributed by atoms with van der Waals surface area (Å²) in [5, 5.41) is 8.29. The Labute approximate surface area is 63.4 Å². The summed E-state index contributed by atoms with van der Waals surface area (Å²) < 4.78 is 0. The van der Waals surface area contributed by atoms with Crippen LogP contribution in [0.2, 0.25) is 0 Å². The first-order chi connectivity index (χ1) is 4.66. The second-order valence-corrected chi connectivity index (χ2v) is 3.06. The zero-order valence-electron chi connectivity index (χ0n) is 7.09. The Morgan fingerprint density at radius 3 is 2.50 bits per heavy atom. The van der Waals surface area contributed by atoms with E-state index in [1.807, 2.05) is 0 Å². The molecule has 0 rings (SSSR count). The lowest BCUT2D eigenvalue weighted by Crippen LogP contribution is -2.19. The Balaban J connectivity index is 3.27. The number of hydrogen-bond donors (Lipinski definition) is 0. The Hall–Kier alpha value is -0.550. The maximum atomic E-state index is 8.29. The van der Waals surface area contributed by atoms with E-state index in [0.29, 0.717) is 12.3 Å². The molecule has 0 saturated heterocycles. The lowest BCUT2D eigenvalue weighted by molar-refractivity contribution is 0.330. The van der Waals surface area contributed by atoms with Crippen molar-refractivity contribution >= 4 is 0 Å². The zero-order valence-corrected chi connectivity index (χ0v) is 7.09. The number of nitriles is 1. The van der Waals surface area contributed by atoms with Gasteiger partial charge >= 0.3 is 0 Å². The monoisotopic (exact) mass is 140 g/mol. The van der Waals surface area contributed by atoms with Crippen LogP contribution in [0.3, 0.4) is 0 Å². The third-order valence-corrected chi connectivity index (χ3v) is 1.43. The van der Waals surface area contributed by atoms with Gasteiger partial charge in [0.25, 0.3) is 0 Å². The first-order valence-corrected chi connectivity index (χ1v) is 3.68. The highest BCUT2D eigenvalue weighted by Gasteiger charge is 2.01. The molecule has 0 aromatic carbocycles. The Morgan fingerprint density at radius 2 is 2.10 bits per heavy atom. The summed E-state index contributed by atoms with van der Waals surface area (Å²) in [7, 11) is 4.12. The fraction of sp³-hybridized carbons (Fsp3) is 0.875. The van der Waals surface area contributed by atoms with Crippen molar-refractivity contribution in [2.24, 2.45) is 5.92 Å². The standard InChI is InChI=1S/C8H16N2/c1-8(5-4-6-9)7-10(2)3/h8H,4-5,7H2,1-3H3. The normalized spacial score (nSPS) is 13.1. The van der Waals surface area contributed by atoms with Gasteiger partial charge in [0.05, 0.1) is 6.07 Å². The predicted molar refractivity (Wildman–Crippen MR) is 42.6 cm³/mol. The minimum absolute atomic E-state index is 0.648. The van der Waals surface area contributed by atoms with Crippen molar-refractivity contribution in [3.8, 4) is 6.07 Å². The average molecular weight is 140 g/mol. The summed E-state index contributed by atoms with van der Waals surface area (Å²) in [6.07, 6.45) is 1.71. The van der Waals surface area contributed by atoms with Crippen LogP contribution in [-0.4, -0.2) is 25.5 Å². The molecule has 0 bridgehead atoms. The highest BCUT2D eigenvalue weighted by molar-refractivity contribution is 4.71. The van der Waals surface area contributed by atoms with Gasteiger partial charge in [-0.15, -0.1) is 0 Å². The van der Waals surface area contributed by atoms with E-state index in [9.17, 15) is 0 Å². The van der Waals surface area contributed by atoms with E-state index in [2.05, 4.69) is 32.0 Å². The number of hydrogen-bond acceptors (Lipinski definition) is 2. The Bertz CT molecular complexity index is 113. The maximum absolute atomic E-state index is 8.29. The lowest BCUT2D eigenvalue weighted by Gasteiger charge is -2.14. The summed E-state index contributed by atoms with van der Waals surface area (Å²) in [6, 6.07) is 2.15. The molecule has 0 N–H and O–H groups in total. The van der Waals surface area contributed by atoms with Crippen LogP contribution in [-0.2, 0) is 0 Å². The number of rotatable bonds is 4. The van der Waals surface area contributed by atoms with Gasteiger partial charge in [-0.05, 0) is 26.4 Å². The Morgan fingerprint density at radius 1 is 1.50 bits per heavy atom. The SMILES string of the molecule is CC(CCC#N)CN(C)C. The second kappa shape index (κ2) is 5.25. The summed E-state index contributed by atoms with van der Waals surface area (Å²) in [5.74, 6) is 0.648. The van der Waals surface area contributed by atoms with Gasteiger partial charge < -0.3 is 4.90 Å². The summed E-state index contributed by atoms with van der Waals surface area (Å²) >= 11 is 0. The quantitative estimate of drug-likeness (QED) is 0.591.